The first-order valence-electron chi connectivity index (χ1n) is 10.0. The molecule has 1 aliphatic carbocycles. The third-order valence-corrected chi connectivity index (χ3v) is 7.35. The Morgan fingerprint density at radius 3 is 2.73 bits per heavy atom. The summed E-state index contributed by atoms with van der Waals surface area (Å²) in [4.78, 5) is 22.7. The second-order valence-corrected chi connectivity index (χ2v) is 9.23. The molecule has 5 heteroatoms. The van der Waals surface area contributed by atoms with E-state index in [0.29, 0.717) is 10.6 Å². The zero-order chi connectivity index (χ0) is 17.9. The quantitative estimate of drug-likeness (QED) is 0.859. The number of nitrogens with zero attached hydrogens (tertiary/aromatic N) is 2. The lowest BCUT2D eigenvalue weighted by molar-refractivity contribution is 0.199. The highest BCUT2D eigenvalue weighted by atomic mass is 32.2. The Labute approximate surface area is 159 Å². The van der Waals surface area contributed by atoms with Gasteiger partial charge in [0.05, 0.1) is 16.7 Å². The molecule has 4 nitrogen and oxygen atoms in total. The molecular weight excluding hydrogens is 342 g/mol. The minimum absolute atomic E-state index is 0.0133. The second-order valence-electron chi connectivity index (χ2n) is 7.95. The number of hydrogen-bond acceptors (Lipinski definition) is 4. The van der Waals surface area contributed by atoms with E-state index in [2.05, 4.69) is 9.88 Å². The van der Waals surface area contributed by atoms with Crippen LogP contribution in [-0.2, 0) is 5.75 Å². The Hall–Kier alpha value is -1.33. The van der Waals surface area contributed by atoms with Crippen molar-refractivity contribution in [3.63, 3.8) is 0 Å². The van der Waals surface area contributed by atoms with E-state index in [1.165, 1.54) is 58.2 Å². The highest BCUT2D eigenvalue weighted by Crippen LogP contribution is 2.29. The molecule has 0 amide bonds. The molecule has 1 N–H and O–H groups in total. The molecular formula is C21H29N3OS. The summed E-state index contributed by atoms with van der Waals surface area (Å²) in [6.45, 7) is 5.80. The molecule has 140 valence electrons. The van der Waals surface area contributed by atoms with Gasteiger partial charge in [0.25, 0.3) is 5.56 Å². The summed E-state index contributed by atoms with van der Waals surface area (Å²) in [5, 5.41) is 1.38. The number of piperidine rings is 1. The number of nitrogens with one attached hydrogen (secondary N) is 1. The van der Waals surface area contributed by atoms with Crippen molar-refractivity contribution in [3.8, 4) is 0 Å². The lowest BCUT2D eigenvalue weighted by Gasteiger charge is -2.33. The van der Waals surface area contributed by atoms with Crippen LogP contribution in [0.3, 0.4) is 0 Å². The minimum Gasteiger partial charge on any atom is -0.309 e. The Balaban J connectivity index is 1.31. The van der Waals surface area contributed by atoms with Crippen molar-refractivity contribution >= 4 is 22.7 Å². The maximum Gasteiger partial charge on any atom is 0.258 e. The molecule has 2 aliphatic rings. The van der Waals surface area contributed by atoms with E-state index in [0.717, 1.165) is 28.6 Å². The van der Waals surface area contributed by atoms with Crippen LogP contribution < -0.4 is 5.56 Å². The van der Waals surface area contributed by atoms with Gasteiger partial charge in [0.15, 0.2) is 0 Å². The van der Waals surface area contributed by atoms with Gasteiger partial charge < -0.3 is 9.88 Å². The van der Waals surface area contributed by atoms with Gasteiger partial charge in [0.2, 0.25) is 0 Å². The summed E-state index contributed by atoms with van der Waals surface area (Å²) >= 11 is 1.96. The zero-order valence-corrected chi connectivity index (χ0v) is 16.5. The van der Waals surface area contributed by atoms with Crippen LogP contribution in [0.25, 0.3) is 10.9 Å². The maximum absolute atomic E-state index is 12.3. The van der Waals surface area contributed by atoms with Gasteiger partial charge in [0.1, 0.15) is 5.82 Å². The van der Waals surface area contributed by atoms with Gasteiger partial charge >= 0.3 is 0 Å². The molecule has 4 rings (SSSR count). The molecule has 1 aromatic carbocycles. The molecule has 1 aromatic heterocycles. The van der Waals surface area contributed by atoms with Crippen molar-refractivity contribution in [2.75, 3.05) is 19.6 Å². The van der Waals surface area contributed by atoms with Gasteiger partial charge in [-0.1, -0.05) is 25.0 Å². The van der Waals surface area contributed by atoms with Gasteiger partial charge in [-0.15, -0.1) is 0 Å². The van der Waals surface area contributed by atoms with Crippen LogP contribution in [-0.4, -0.2) is 39.8 Å². The van der Waals surface area contributed by atoms with E-state index in [1.54, 1.807) is 0 Å². The number of fused-ring (bicyclic) bond motifs is 1. The van der Waals surface area contributed by atoms with Crippen LogP contribution in [0.5, 0.6) is 0 Å². The van der Waals surface area contributed by atoms with E-state index in [9.17, 15) is 4.79 Å². The molecule has 0 spiro atoms. The standard InChI is InChI=1S/C21H29N3OS/c1-15-5-4-8-18-20(15)22-19(23-21(18)25)14-26-17-9-11-24(12-10-17)13-16-6-2-3-7-16/h4-5,8,16-17H,2-3,6-7,9-14H2,1H3,(H,22,23,25). The fraction of sp³-hybridized carbons (Fsp3) is 0.619. The Kier molecular flexibility index (Phi) is 5.65. The topological polar surface area (TPSA) is 49.0 Å². The van der Waals surface area contributed by atoms with E-state index in [1.807, 2.05) is 36.9 Å². The summed E-state index contributed by atoms with van der Waals surface area (Å²) in [7, 11) is 0. The fourth-order valence-corrected chi connectivity index (χ4v) is 5.51. The third-order valence-electron chi connectivity index (χ3n) is 5.97. The molecule has 1 saturated carbocycles. The van der Waals surface area contributed by atoms with Crippen molar-refractivity contribution < 1.29 is 0 Å². The number of aromatic nitrogens is 2. The first-order valence-corrected chi connectivity index (χ1v) is 11.1. The summed E-state index contributed by atoms with van der Waals surface area (Å²) in [6.07, 6.45) is 8.27. The number of rotatable bonds is 5. The molecule has 0 unspecified atom stereocenters. The predicted molar refractivity (Wildman–Crippen MR) is 110 cm³/mol. The van der Waals surface area contributed by atoms with Gasteiger partial charge in [-0.2, -0.15) is 11.8 Å². The number of aromatic amines is 1. The molecule has 2 fully saturated rings. The van der Waals surface area contributed by atoms with Crippen LogP contribution in [0.4, 0.5) is 0 Å². The van der Waals surface area contributed by atoms with Crippen molar-refractivity contribution in [1.29, 1.82) is 0 Å². The van der Waals surface area contributed by atoms with Crippen LogP contribution in [0, 0.1) is 12.8 Å². The highest BCUT2D eigenvalue weighted by molar-refractivity contribution is 7.99. The van der Waals surface area contributed by atoms with Crippen molar-refractivity contribution in [2.45, 2.75) is 56.5 Å². The molecule has 0 atom stereocenters. The predicted octanol–water partition coefficient (Wildman–Crippen LogP) is 4.12. The molecule has 0 radical (unpaired) electrons. The van der Waals surface area contributed by atoms with E-state index in [-0.39, 0.29) is 5.56 Å². The third kappa shape index (κ3) is 4.15. The van der Waals surface area contributed by atoms with Crippen LogP contribution in [0.15, 0.2) is 23.0 Å². The number of hydrogen-bond donors (Lipinski definition) is 1. The number of benzene rings is 1. The number of likely N-dealkylation sites (tertiary alicyclic amines) is 1. The number of para-hydroxylation sites is 1. The lowest BCUT2D eigenvalue weighted by atomic mass is 10.0. The molecule has 1 saturated heterocycles. The van der Waals surface area contributed by atoms with Crippen molar-refractivity contribution in [2.24, 2.45) is 5.92 Å². The number of thioether (sulfide) groups is 1. The smallest absolute Gasteiger partial charge is 0.258 e. The summed E-state index contributed by atoms with van der Waals surface area (Å²) in [6, 6.07) is 5.79. The second kappa shape index (κ2) is 8.13. The van der Waals surface area contributed by atoms with Gasteiger partial charge in [-0.05, 0) is 63.2 Å². The van der Waals surface area contributed by atoms with Crippen molar-refractivity contribution in [1.82, 2.24) is 14.9 Å². The number of H-pyrrole nitrogens is 1. The SMILES string of the molecule is Cc1cccc2c(=O)[nH]c(CSC3CCN(CC4CCCC4)CC3)nc12. The highest BCUT2D eigenvalue weighted by Gasteiger charge is 2.23. The van der Waals surface area contributed by atoms with E-state index in [4.69, 9.17) is 4.98 Å². The van der Waals surface area contributed by atoms with Crippen LogP contribution >= 0.6 is 11.8 Å². The zero-order valence-electron chi connectivity index (χ0n) is 15.7. The lowest BCUT2D eigenvalue weighted by Crippen LogP contribution is -2.37. The van der Waals surface area contributed by atoms with Gasteiger partial charge in [-0.25, -0.2) is 4.98 Å². The minimum atomic E-state index is -0.0133. The largest absolute Gasteiger partial charge is 0.309 e. The summed E-state index contributed by atoms with van der Waals surface area (Å²) in [5.41, 5.74) is 1.90. The summed E-state index contributed by atoms with van der Waals surface area (Å²) in [5.74, 6) is 2.57. The molecule has 0 bridgehead atoms. The maximum atomic E-state index is 12.3. The Bertz CT molecular complexity index is 804. The Morgan fingerprint density at radius 1 is 1.19 bits per heavy atom. The van der Waals surface area contributed by atoms with Crippen LogP contribution in [0.1, 0.15) is 49.9 Å². The Morgan fingerprint density at radius 2 is 1.96 bits per heavy atom. The monoisotopic (exact) mass is 371 g/mol. The first-order chi connectivity index (χ1) is 12.7. The van der Waals surface area contributed by atoms with E-state index < -0.39 is 0 Å². The van der Waals surface area contributed by atoms with E-state index >= 15 is 0 Å². The molecule has 2 heterocycles. The average Bonchev–Trinajstić information content (AvgIpc) is 3.15. The van der Waals surface area contributed by atoms with Gasteiger partial charge in [-0.3, -0.25) is 4.79 Å². The van der Waals surface area contributed by atoms with Crippen molar-refractivity contribution in [3.05, 3.63) is 39.9 Å². The fourth-order valence-electron chi connectivity index (χ4n) is 4.43. The normalized spacial score (nSPS) is 20.2. The molecule has 1 aliphatic heterocycles. The molecule has 26 heavy (non-hydrogen) atoms. The van der Waals surface area contributed by atoms with Gasteiger partial charge in [0, 0.05) is 11.8 Å². The average molecular weight is 372 g/mol. The summed E-state index contributed by atoms with van der Waals surface area (Å²) < 4.78 is 0. The first kappa shape index (κ1) is 18.1. The number of aryl methyl sites for hydroxylation is 1. The molecule has 2 aromatic rings. The van der Waals surface area contributed by atoms with Crippen LogP contribution in [0.2, 0.25) is 0 Å².